The zero-order valence-electron chi connectivity index (χ0n) is 22.2. The number of aryl methyl sites for hydroxylation is 1. The molecule has 1 saturated carbocycles. The van der Waals surface area contributed by atoms with Crippen molar-refractivity contribution in [2.24, 2.45) is 0 Å². The second-order valence-corrected chi connectivity index (χ2v) is 12.0. The third-order valence-corrected chi connectivity index (χ3v) is 7.83. The smallest absolute Gasteiger partial charge is 0.253 e. The van der Waals surface area contributed by atoms with Gasteiger partial charge in [-0.25, -0.2) is 13.4 Å². The van der Waals surface area contributed by atoms with E-state index in [1.165, 1.54) is 12.5 Å². The van der Waals surface area contributed by atoms with Gasteiger partial charge in [0.15, 0.2) is 15.7 Å². The number of aromatic nitrogens is 2. The summed E-state index contributed by atoms with van der Waals surface area (Å²) in [6, 6.07) is 17.9. The summed E-state index contributed by atoms with van der Waals surface area (Å²) in [4.78, 5) is 21.8. The number of halogens is 1. The van der Waals surface area contributed by atoms with Gasteiger partial charge in [-0.15, -0.1) is 0 Å². The predicted octanol–water partition coefficient (Wildman–Crippen LogP) is 5.90. The van der Waals surface area contributed by atoms with Crippen LogP contribution in [0.2, 0.25) is 5.02 Å². The van der Waals surface area contributed by atoms with Gasteiger partial charge in [-0.3, -0.25) is 4.79 Å². The molecule has 9 nitrogen and oxygen atoms in total. The highest BCUT2D eigenvalue weighted by atomic mass is 35.5. The summed E-state index contributed by atoms with van der Waals surface area (Å²) in [5.74, 6) is 0.948. The molecule has 0 atom stereocenters. The van der Waals surface area contributed by atoms with Gasteiger partial charge in [-0.05, 0) is 72.9 Å². The summed E-state index contributed by atoms with van der Waals surface area (Å²) in [6.07, 6.45) is 4.63. The van der Waals surface area contributed by atoms with E-state index in [2.05, 4.69) is 25.9 Å². The van der Waals surface area contributed by atoms with E-state index >= 15 is 0 Å². The van der Waals surface area contributed by atoms with Crippen LogP contribution in [0.3, 0.4) is 0 Å². The monoisotopic (exact) mass is 577 g/mol. The number of nitrogens with zero attached hydrogens (tertiary/aromatic N) is 2. The van der Waals surface area contributed by atoms with Gasteiger partial charge in [0.1, 0.15) is 10.8 Å². The van der Waals surface area contributed by atoms with Crippen LogP contribution in [0.4, 0.5) is 23.1 Å². The van der Waals surface area contributed by atoms with E-state index in [0.29, 0.717) is 28.5 Å². The molecular weight excluding hydrogens is 550 g/mol. The fraction of sp³-hybridized carbons (Fsp3) is 0.207. The zero-order valence-corrected chi connectivity index (χ0v) is 23.7. The molecule has 4 aromatic rings. The van der Waals surface area contributed by atoms with Gasteiger partial charge in [-0.1, -0.05) is 35.9 Å². The van der Waals surface area contributed by atoms with Crippen LogP contribution in [-0.2, 0) is 9.84 Å². The van der Waals surface area contributed by atoms with Crippen molar-refractivity contribution < 1.29 is 17.9 Å². The molecule has 1 heterocycles. The molecule has 1 aliphatic carbocycles. The molecular formula is C29H28ClN5O4S. The molecule has 0 saturated heterocycles. The van der Waals surface area contributed by atoms with Crippen molar-refractivity contribution in [1.82, 2.24) is 15.3 Å². The van der Waals surface area contributed by atoms with Crippen LogP contribution in [-0.4, -0.2) is 43.7 Å². The molecule has 0 unspecified atom stereocenters. The first kappa shape index (κ1) is 27.4. The maximum atomic E-state index is 12.7. The van der Waals surface area contributed by atoms with E-state index in [4.69, 9.17) is 16.3 Å². The number of hydrogen-bond donors (Lipinski definition) is 3. The minimum absolute atomic E-state index is 0.156. The fourth-order valence-electron chi connectivity index (χ4n) is 4.20. The first-order valence-corrected chi connectivity index (χ1v) is 14.8. The van der Waals surface area contributed by atoms with Crippen molar-refractivity contribution in [3.05, 3.63) is 83.0 Å². The third-order valence-electron chi connectivity index (χ3n) is 6.45. The summed E-state index contributed by atoms with van der Waals surface area (Å²) in [6.45, 7) is 1.92. The number of carbonyl (C=O) groups is 1. The minimum Gasteiger partial charge on any atom is -0.495 e. The largest absolute Gasteiger partial charge is 0.495 e. The van der Waals surface area contributed by atoms with Gasteiger partial charge in [0.25, 0.3) is 5.91 Å². The number of carbonyl (C=O) groups excluding carboxylic acids is 1. The molecule has 3 aromatic carbocycles. The molecule has 1 aliphatic rings. The van der Waals surface area contributed by atoms with Crippen molar-refractivity contribution in [3.8, 4) is 16.9 Å². The van der Waals surface area contributed by atoms with Crippen molar-refractivity contribution in [2.45, 2.75) is 30.7 Å². The summed E-state index contributed by atoms with van der Waals surface area (Å²) in [7, 11) is -1.80. The quantitative estimate of drug-likeness (QED) is 0.225. The summed E-state index contributed by atoms with van der Waals surface area (Å²) >= 11 is 6.41. The second-order valence-electron chi connectivity index (χ2n) is 9.60. The lowest BCUT2D eigenvalue weighted by atomic mass is 9.99. The number of methoxy groups -OCH3 is 1. The number of rotatable bonds is 9. The number of nitrogens with one attached hydrogen (secondary N) is 3. The lowest BCUT2D eigenvalue weighted by molar-refractivity contribution is 0.0952. The summed E-state index contributed by atoms with van der Waals surface area (Å²) < 4.78 is 29.8. The Hall–Kier alpha value is -4.15. The first-order chi connectivity index (χ1) is 19.1. The average Bonchev–Trinajstić information content (AvgIpc) is 3.74. The molecule has 11 heteroatoms. The highest BCUT2D eigenvalue weighted by Gasteiger charge is 2.25. The summed E-state index contributed by atoms with van der Waals surface area (Å²) in [5.41, 5.74) is 4.14. The SMILES string of the molecule is COc1cc(-c2cccc(S(C)(=O)=O)c2)c(C)cc1Nc1ncc(Cl)c(Nc2ccccc2C(=O)NC2CC2)n1. The highest BCUT2D eigenvalue weighted by molar-refractivity contribution is 7.90. The van der Waals surface area contributed by atoms with E-state index in [0.717, 1.165) is 29.5 Å². The fourth-order valence-corrected chi connectivity index (χ4v) is 5.01. The number of amides is 1. The maximum Gasteiger partial charge on any atom is 0.253 e. The standard InChI is InChI=1S/C29H28ClN5O4S/c1-17-13-25(26(39-2)15-22(17)18-7-6-8-20(14-18)40(3,37)38)34-29-31-16-23(30)27(35-29)33-24-10-5-4-9-21(24)28(36)32-19-11-12-19/h4-10,13-16,19H,11-12H2,1-3H3,(H,32,36)(H2,31,33,34,35). The molecule has 0 radical (unpaired) electrons. The Morgan fingerprint density at radius 3 is 2.52 bits per heavy atom. The van der Waals surface area contributed by atoms with Gasteiger partial charge in [0.05, 0.1) is 35.1 Å². The van der Waals surface area contributed by atoms with Crippen LogP contribution < -0.4 is 20.7 Å². The lowest BCUT2D eigenvalue weighted by Crippen LogP contribution is -2.26. The maximum absolute atomic E-state index is 12.7. The third kappa shape index (κ3) is 6.19. The molecule has 3 N–H and O–H groups in total. The van der Waals surface area contributed by atoms with Crippen molar-refractivity contribution in [3.63, 3.8) is 0 Å². The topological polar surface area (TPSA) is 122 Å². The Kier molecular flexibility index (Phi) is 7.64. The molecule has 1 fully saturated rings. The van der Waals surface area contributed by atoms with Crippen LogP contribution in [0.1, 0.15) is 28.8 Å². The van der Waals surface area contributed by atoms with Crippen LogP contribution >= 0.6 is 11.6 Å². The molecule has 0 bridgehead atoms. The number of ether oxygens (including phenoxy) is 1. The molecule has 40 heavy (non-hydrogen) atoms. The van der Waals surface area contributed by atoms with Crippen molar-refractivity contribution >= 4 is 50.5 Å². The Morgan fingerprint density at radius 2 is 1.80 bits per heavy atom. The summed E-state index contributed by atoms with van der Waals surface area (Å²) in [5, 5.41) is 9.63. The number of benzene rings is 3. The average molecular weight is 578 g/mol. The van der Waals surface area contributed by atoms with Gasteiger partial charge in [0, 0.05) is 12.3 Å². The number of hydrogen-bond acceptors (Lipinski definition) is 8. The molecule has 1 amide bonds. The number of anilines is 4. The van der Waals surface area contributed by atoms with E-state index < -0.39 is 9.84 Å². The zero-order chi connectivity index (χ0) is 28.4. The minimum atomic E-state index is -3.35. The van der Waals surface area contributed by atoms with E-state index in [1.54, 1.807) is 43.5 Å². The Balaban J connectivity index is 1.42. The second kappa shape index (κ2) is 11.1. The van der Waals surface area contributed by atoms with E-state index in [1.807, 2.05) is 31.2 Å². The molecule has 206 valence electrons. The van der Waals surface area contributed by atoms with Crippen LogP contribution in [0, 0.1) is 6.92 Å². The van der Waals surface area contributed by atoms with Gasteiger partial charge >= 0.3 is 0 Å². The van der Waals surface area contributed by atoms with Crippen LogP contribution in [0.5, 0.6) is 5.75 Å². The van der Waals surface area contributed by atoms with E-state index in [9.17, 15) is 13.2 Å². The lowest BCUT2D eigenvalue weighted by Gasteiger charge is -2.16. The highest BCUT2D eigenvalue weighted by Crippen LogP contribution is 2.36. The van der Waals surface area contributed by atoms with Crippen LogP contribution in [0.15, 0.2) is 71.8 Å². The molecule has 0 aliphatic heterocycles. The Bertz CT molecular complexity index is 1710. The Morgan fingerprint density at radius 1 is 1.02 bits per heavy atom. The van der Waals surface area contributed by atoms with Crippen molar-refractivity contribution in [1.29, 1.82) is 0 Å². The van der Waals surface area contributed by atoms with Crippen LogP contribution in [0.25, 0.3) is 11.1 Å². The van der Waals surface area contributed by atoms with Gasteiger partial charge in [0.2, 0.25) is 5.95 Å². The van der Waals surface area contributed by atoms with Gasteiger partial charge < -0.3 is 20.7 Å². The predicted molar refractivity (Wildman–Crippen MR) is 157 cm³/mol. The normalized spacial score (nSPS) is 13.0. The van der Waals surface area contributed by atoms with Crippen molar-refractivity contribution in [2.75, 3.05) is 24.0 Å². The van der Waals surface area contributed by atoms with Gasteiger partial charge in [-0.2, -0.15) is 4.98 Å². The molecule has 0 spiro atoms. The molecule has 1 aromatic heterocycles. The number of para-hydroxylation sites is 1. The number of sulfone groups is 1. The molecule has 5 rings (SSSR count). The van der Waals surface area contributed by atoms with E-state index in [-0.39, 0.29) is 27.8 Å². The Labute approximate surface area is 237 Å². The first-order valence-electron chi connectivity index (χ1n) is 12.6.